The molecule has 2 unspecified atom stereocenters. The fourth-order valence-corrected chi connectivity index (χ4v) is 4.29. The van der Waals surface area contributed by atoms with Gasteiger partial charge in [0.1, 0.15) is 13.2 Å². The van der Waals surface area contributed by atoms with Gasteiger partial charge in [0, 0.05) is 21.9 Å². The molecule has 2 aliphatic rings. The van der Waals surface area contributed by atoms with Crippen LogP contribution < -0.4 is 15.2 Å². The Morgan fingerprint density at radius 1 is 1.16 bits per heavy atom. The normalized spacial score (nSPS) is 26.2. The quantitative estimate of drug-likeness (QED) is 0.838. The molecule has 0 saturated heterocycles. The van der Waals surface area contributed by atoms with E-state index in [1.807, 2.05) is 23.9 Å². The number of benzene rings is 1. The van der Waals surface area contributed by atoms with Crippen molar-refractivity contribution in [2.75, 3.05) is 18.9 Å². The minimum atomic E-state index is 0.610. The summed E-state index contributed by atoms with van der Waals surface area (Å²) in [4.78, 5) is 1.14. The van der Waals surface area contributed by atoms with Gasteiger partial charge in [-0.05, 0) is 24.8 Å². The van der Waals surface area contributed by atoms with E-state index in [1.165, 1.54) is 25.7 Å². The first kappa shape index (κ1) is 13.0. The maximum atomic E-state index is 6.14. The molecule has 104 valence electrons. The average Bonchev–Trinajstić information content (AvgIpc) is 2.40. The van der Waals surface area contributed by atoms with Gasteiger partial charge in [-0.3, -0.25) is 0 Å². The summed E-state index contributed by atoms with van der Waals surface area (Å²) < 4.78 is 11.2. The SMILES string of the molecule is CC1CCCC(Sc2cc3c(cc2N)OCCO3)C1. The highest BCUT2D eigenvalue weighted by atomic mass is 32.2. The van der Waals surface area contributed by atoms with Crippen LogP contribution in [0.4, 0.5) is 5.69 Å². The van der Waals surface area contributed by atoms with E-state index in [9.17, 15) is 0 Å². The highest BCUT2D eigenvalue weighted by Crippen LogP contribution is 2.43. The van der Waals surface area contributed by atoms with Crippen molar-refractivity contribution in [1.82, 2.24) is 0 Å². The molecule has 3 rings (SSSR count). The zero-order valence-electron chi connectivity index (χ0n) is 11.4. The van der Waals surface area contributed by atoms with Crippen LogP contribution in [0.15, 0.2) is 17.0 Å². The Kier molecular flexibility index (Phi) is 3.78. The lowest BCUT2D eigenvalue weighted by molar-refractivity contribution is 0.171. The number of anilines is 1. The number of nitrogen functional groups attached to an aromatic ring is 1. The fourth-order valence-electron chi connectivity index (χ4n) is 2.85. The Morgan fingerprint density at radius 2 is 1.89 bits per heavy atom. The van der Waals surface area contributed by atoms with Crippen LogP contribution in [0.3, 0.4) is 0 Å². The first-order valence-electron chi connectivity index (χ1n) is 7.08. The summed E-state index contributed by atoms with van der Waals surface area (Å²) in [7, 11) is 0. The third-order valence-electron chi connectivity index (χ3n) is 3.86. The molecule has 1 heterocycles. The summed E-state index contributed by atoms with van der Waals surface area (Å²) in [6, 6.07) is 3.96. The smallest absolute Gasteiger partial charge is 0.163 e. The van der Waals surface area contributed by atoms with Crippen molar-refractivity contribution in [1.29, 1.82) is 0 Å². The van der Waals surface area contributed by atoms with Crippen molar-refractivity contribution in [2.24, 2.45) is 5.92 Å². The van der Waals surface area contributed by atoms with Crippen LogP contribution in [0.25, 0.3) is 0 Å². The Labute approximate surface area is 118 Å². The van der Waals surface area contributed by atoms with Gasteiger partial charge < -0.3 is 15.2 Å². The summed E-state index contributed by atoms with van der Waals surface area (Å²) in [5, 5.41) is 0.689. The van der Waals surface area contributed by atoms with E-state index in [-0.39, 0.29) is 0 Å². The highest BCUT2D eigenvalue weighted by Gasteiger charge is 2.22. The summed E-state index contributed by atoms with van der Waals surface area (Å²) in [5.74, 6) is 2.46. The molecule has 1 saturated carbocycles. The van der Waals surface area contributed by atoms with Crippen LogP contribution in [0.1, 0.15) is 32.6 Å². The topological polar surface area (TPSA) is 44.5 Å². The molecule has 0 amide bonds. The van der Waals surface area contributed by atoms with Crippen molar-refractivity contribution in [2.45, 2.75) is 42.8 Å². The zero-order chi connectivity index (χ0) is 13.2. The van der Waals surface area contributed by atoms with Gasteiger partial charge in [-0.2, -0.15) is 0 Å². The third-order valence-corrected chi connectivity index (χ3v) is 5.23. The molecule has 2 atom stereocenters. The molecule has 3 nitrogen and oxygen atoms in total. The maximum absolute atomic E-state index is 6.14. The second kappa shape index (κ2) is 5.53. The number of fused-ring (bicyclic) bond motifs is 1. The molecule has 19 heavy (non-hydrogen) atoms. The molecular formula is C15H21NO2S. The number of hydrogen-bond acceptors (Lipinski definition) is 4. The predicted molar refractivity (Wildman–Crippen MR) is 79.1 cm³/mol. The number of nitrogens with two attached hydrogens (primary N) is 1. The van der Waals surface area contributed by atoms with Gasteiger partial charge in [-0.25, -0.2) is 0 Å². The van der Waals surface area contributed by atoms with Crippen LogP contribution >= 0.6 is 11.8 Å². The summed E-state index contributed by atoms with van der Waals surface area (Å²) in [6.07, 6.45) is 5.29. The number of hydrogen-bond donors (Lipinski definition) is 1. The van der Waals surface area contributed by atoms with Crippen LogP contribution in [0.5, 0.6) is 11.5 Å². The van der Waals surface area contributed by atoms with E-state index in [4.69, 9.17) is 15.2 Å². The maximum Gasteiger partial charge on any atom is 0.163 e. The molecule has 0 radical (unpaired) electrons. The van der Waals surface area contributed by atoms with E-state index in [2.05, 4.69) is 6.92 Å². The van der Waals surface area contributed by atoms with E-state index < -0.39 is 0 Å². The molecule has 0 aromatic heterocycles. The molecule has 4 heteroatoms. The van der Waals surface area contributed by atoms with Gasteiger partial charge in [0.25, 0.3) is 0 Å². The van der Waals surface area contributed by atoms with Crippen LogP contribution in [-0.4, -0.2) is 18.5 Å². The minimum Gasteiger partial charge on any atom is -0.486 e. The number of thioether (sulfide) groups is 1. The molecule has 2 N–H and O–H groups in total. The van der Waals surface area contributed by atoms with Crippen molar-refractivity contribution < 1.29 is 9.47 Å². The van der Waals surface area contributed by atoms with Gasteiger partial charge in [0.15, 0.2) is 11.5 Å². The van der Waals surface area contributed by atoms with Crippen LogP contribution in [0, 0.1) is 5.92 Å². The number of rotatable bonds is 2. The van der Waals surface area contributed by atoms with Crippen molar-refractivity contribution in [3.05, 3.63) is 12.1 Å². The highest BCUT2D eigenvalue weighted by molar-refractivity contribution is 8.00. The molecule has 1 fully saturated rings. The Bertz CT molecular complexity index is 464. The van der Waals surface area contributed by atoms with E-state index in [0.717, 1.165) is 28.0 Å². The summed E-state index contributed by atoms with van der Waals surface area (Å²) >= 11 is 1.91. The van der Waals surface area contributed by atoms with Crippen molar-refractivity contribution >= 4 is 17.4 Å². The van der Waals surface area contributed by atoms with E-state index in [0.29, 0.717) is 18.5 Å². The van der Waals surface area contributed by atoms with Crippen molar-refractivity contribution in [3.8, 4) is 11.5 Å². The predicted octanol–water partition coefficient (Wildman–Crippen LogP) is 3.71. The molecular weight excluding hydrogens is 258 g/mol. The van der Waals surface area contributed by atoms with Crippen LogP contribution in [0.2, 0.25) is 0 Å². The summed E-state index contributed by atoms with van der Waals surface area (Å²) in [5.41, 5.74) is 6.95. The Morgan fingerprint density at radius 3 is 2.63 bits per heavy atom. The zero-order valence-corrected chi connectivity index (χ0v) is 12.2. The largest absolute Gasteiger partial charge is 0.486 e. The minimum absolute atomic E-state index is 0.610. The Hall–Kier alpha value is -1.03. The van der Waals surface area contributed by atoms with Gasteiger partial charge in [-0.1, -0.05) is 19.8 Å². The standard InChI is InChI=1S/C15H21NO2S/c1-10-3-2-4-11(7-10)19-15-9-14-13(8-12(15)16)17-5-6-18-14/h8-11H,2-7,16H2,1H3. The monoisotopic (exact) mass is 279 g/mol. The number of ether oxygens (including phenoxy) is 2. The van der Waals surface area contributed by atoms with E-state index in [1.54, 1.807) is 0 Å². The lowest BCUT2D eigenvalue weighted by Gasteiger charge is -2.27. The second-order valence-corrected chi connectivity index (χ2v) is 6.89. The first-order valence-corrected chi connectivity index (χ1v) is 7.96. The van der Waals surface area contributed by atoms with Gasteiger partial charge in [-0.15, -0.1) is 11.8 Å². The lowest BCUT2D eigenvalue weighted by Crippen LogP contribution is -2.17. The lowest BCUT2D eigenvalue weighted by atomic mass is 9.91. The summed E-state index contributed by atoms with van der Waals surface area (Å²) in [6.45, 7) is 3.58. The molecule has 1 aliphatic carbocycles. The molecule has 0 bridgehead atoms. The van der Waals surface area contributed by atoms with Crippen molar-refractivity contribution in [3.63, 3.8) is 0 Å². The average molecular weight is 279 g/mol. The second-order valence-electron chi connectivity index (χ2n) is 5.55. The Balaban J connectivity index is 1.76. The van der Waals surface area contributed by atoms with E-state index >= 15 is 0 Å². The van der Waals surface area contributed by atoms with Gasteiger partial charge >= 0.3 is 0 Å². The molecule has 1 aromatic rings. The fraction of sp³-hybridized carbons (Fsp3) is 0.600. The van der Waals surface area contributed by atoms with Gasteiger partial charge in [0.2, 0.25) is 0 Å². The van der Waals surface area contributed by atoms with Gasteiger partial charge in [0.05, 0.1) is 0 Å². The third kappa shape index (κ3) is 2.94. The first-order chi connectivity index (χ1) is 9.22. The van der Waals surface area contributed by atoms with Crippen LogP contribution in [-0.2, 0) is 0 Å². The molecule has 1 aromatic carbocycles. The molecule has 0 spiro atoms. The molecule has 1 aliphatic heterocycles.